The first-order chi connectivity index (χ1) is 18.4. The molecule has 0 spiro atoms. The maximum absolute atomic E-state index is 13.2. The summed E-state index contributed by atoms with van der Waals surface area (Å²) in [5.74, 6) is 1.48. The van der Waals surface area contributed by atoms with Crippen molar-refractivity contribution in [2.45, 2.75) is 6.42 Å². The van der Waals surface area contributed by atoms with Crippen LogP contribution in [0.25, 0.3) is 22.0 Å². The van der Waals surface area contributed by atoms with Gasteiger partial charge in [0.25, 0.3) is 5.56 Å². The second-order valence-corrected chi connectivity index (χ2v) is 10.5. The van der Waals surface area contributed by atoms with Crippen LogP contribution < -0.4 is 15.6 Å². The number of rotatable bonds is 8. The molecule has 0 radical (unpaired) electrons. The molecular formula is C29H31Cl2N5O2. The maximum Gasteiger partial charge on any atom is 0.258 e. The average molecular weight is 553 g/mol. The lowest BCUT2D eigenvalue weighted by Crippen LogP contribution is -2.44. The highest BCUT2D eigenvalue weighted by atomic mass is 35.5. The van der Waals surface area contributed by atoms with Crippen molar-refractivity contribution in [2.75, 3.05) is 51.7 Å². The molecule has 2 aromatic heterocycles. The minimum absolute atomic E-state index is 0.182. The van der Waals surface area contributed by atoms with Crippen molar-refractivity contribution in [3.63, 3.8) is 0 Å². The molecule has 1 aliphatic heterocycles. The van der Waals surface area contributed by atoms with Crippen LogP contribution in [-0.4, -0.2) is 65.7 Å². The molecule has 1 aliphatic rings. The number of pyridine rings is 2. The van der Waals surface area contributed by atoms with E-state index in [-0.39, 0.29) is 5.56 Å². The normalized spacial score (nSPS) is 14.6. The van der Waals surface area contributed by atoms with Crippen molar-refractivity contribution in [3.05, 3.63) is 81.2 Å². The molecule has 38 heavy (non-hydrogen) atoms. The van der Waals surface area contributed by atoms with Crippen LogP contribution in [0.15, 0.2) is 65.6 Å². The maximum atomic E-state index is 13.2. The number of likely N-dealkylation sites (N-methyl/N-ethyl adjacent to an activating group) is 1. The minimum Gasteiger partial charge on any atom is -0.494 e. The Balaban J connectivity index is 1.24. The van der Waals surface area contributed by atoms with Crippen LogP contribution in [-0.2, 0) is 7.05 Å². The fourth-order valence-electron chi connectivity index (χ4n) is 4.70. The van der Waals surface area contributed by atoms with E-state index >= 15 is 0 Å². The van der Waals surface area contributed by atoms with Gasteiger partial charge in [0.15, 0.2) is 0 Å². The zero-order valence-corrected chi connectivity index (χ0v) is 23.1. The van der Waals surface area contributed by atoms with Crippen LogP contribution in [0, 0.1) is 0 Å². The molecule has 0 bridgehead atoms. The van der Waals surface area contributed by atoms with Crippen molar-refractivity contribution in [1.29, 1.82) is 0 Å². The molecule has 0 aliphatic carbocycles. The van der Waals surface area contributed by atoms with E-state index in [2.05, 4.69) is 27.1 Å². The third-order valence-corrected chi connectivity index (χ3v) is 7.58. The summed E-state index contributed by atoms with van der Waals surface area (Å²) in [5, 5.41) is 4.99. The van der Waals surface area contributed by atoms with Gasteiger partial charge in [0.2, 0.25) is 0 Å². The van der Waals surface area contributed by atoms with Gasteiger partial charge in [-0.3, -0.25) is 4.79 Å². The molecule has 4 aromatic rings. The van der Waals surface area contributed by atoms with Crippen LogP contribution in [0.3, 0.4) is 0 Å². The molecule has 198 valence electrons. The van der Waals surface area contributed by atoms with Crippen molar-refractivity contribution in [2.24, 2.45) is 7.05 Å². The van der Waals surface area contributed by atoms with Crippen LogP contribution in [0.1, 0.15) is 6.42 Å². The summed E-state index contributed by atoms with van der Waals surface area (Å²) in [6, 6.07) is 16.7. The number of nitrogens with one attached hydrogen (secondary N) is 1. The smallest absolute Gasteiger partial charge is 0.258 e. The highest BCUT2D eigenvalue weighted by Crippen LogP contribution is 2.34. The topological polar surface area (TPSA) is 62.6 Å². The summed E-state index contributed by atoms with van der Waals surface area (Å²) < 4.78 is 7.53. The highest BCUT2D eigenvalue weighted by molar-refractivity contribution is 6.39. The van der Waals surface area contributed by atoms with E-state index in [0.29, 0.717) is 33.6 Å². The Bertz CT molecular complexity index is 1460. The summed E-state index contributed by atoms with van der Waals surface area (Å²) in [5.41, 5.74) is 2.42. The molecule has 0 amide bonds. The summed E-state index contributed by atoms with van der Waals surface area (Å²) in [6.07, 6.45) is 2.75. The Morgan fingerprint density at radius 1 is 0.974 bits per heavy atom. The molecule has 1 saturated heterocycles. The van der Waals surface area contributed by atoms with Crippen molar-refractivity contribution < 1.29 is 4.74 Å². The summed E-state index contributed by atoms with van der Waals surface area (Å²) in [6.45, 7) is 6.29. The van der Waals surface area contributed by atoms with Gasteiger partial charge in [-0.2, -0.15) is 0 Å². The SMILES string of the molecule is CN1CCN(CCCOc2ccc(Nc3cc4c(cn3)cc(-c3c(Cl)cccc3Cl)c(=O)n4C)cc2)CC1. The summed E-state index contributed by atoms with van der Waals surface area (Å²) in [7, 11) is 3.91. The Morgan fingerprint density at radius 3 is 2.39 bits per heavy atom. The first-order valence-electron chi connectivity index (χ1n) is 12.7. The molecule has 7 nitrogen and oxygen atoms in total. The number of anilines is 2. The van der Waals surface area contributed by atoms with Gasteiger partial charge in [-0.05, 0) is 55.9 Å². The van der Waals surface area contributed by atoms with E-state index in [1.807, 2.05) is 30.3 Å². The van der Waals surface area contributed by atoms with Gasteiger partial charge >= 0.3 is 0 Å². The second-order valence-electron chi connectivity index (χ2n) is 9.64. The number of aryl methyl sites for hydroxylation is 1. The fraction of sp³-hybridized carbons (Fsp3) is 0.310. The van der Waals surface area contributed by atoms with Crippen LogP contribution >= 0.6 is 23.2 Å². The Labute approximate surface area is 232 Å². The van der Waals surface area contributed by atoms with Crippen molar-refractivity contribution in [1.82, 2.24) is 19.4 Å². The lowest BCUT2D eigenvalue weighted by molar-refractivity contribution is 0.145. The lowest BCUT2D eigenvalue weighted by atomic mass is 10.1. The number of benzene rings is 2. The first kappa shape index (κ1) is 26.5. The Morgan fingerprint density at radius 2 is 1.68 bits per heavy atom. The molecule has 5 rings (SSSR count). The number of piperazine rings is 1. The predicted octanol–water partition coefficient (Wildman–Crippen LogP) is 5.67. The first-order valence-corrected chi connectivity index (χ1v) is 13.5. The van der Waals surface area contributed by atoms with E-state index in [9.17, 15) is 4.79 Å². The fourth-order valence-corrected chi connectivity index (χ4v) is 5.30. The van der Waals surface area contributed by atoms with Crippen LogP contribution in [0.4, 0.5) is 11.5 Å². The van der Waals surface area contributed by atoms with E-state index in [1.165, 1.54) is 0 Å². The van der Waals surface area contributed by atoms with Gasteiger partial charge < -0.3 is 24.4 Å². The number of aromatic nitrogens is 2. The summed E-state index contributed by atoms with van der Waals surface area (Å²) in [4.78, 5) is 22.6. The predicted molar refractivity (Wildman–Crippen MR) is 156 cm³/mol. The quantitative estimate of drug-likeness (QED) is 0.285. The van der Waals surface area contributed by atoms with E-state index in [1.54, 1.807) is 42.1 Å². The number of nitrogens with zero attached hydrogens (tertiary/aromatic N) is 4. The third kappa shape index (κ3) is 5.97. The number of ether oxygens (including phenoxy) is 1. The number of halogens is 2. The molecule has 0 atom stereocenters. The van der Waals surface area contributed by atoms with Crippen LogP contribution in [0.2, 0.25) is 10.0 Å². The molecule has 0 unspecified atom stereocenters. The van der Waals surface area contributed by atoms with Gasteiger partial charge in [0, 0.05) is 68.7 Å². The number of hydrogen-bond acceptors (Lipinski definition) is 6. The van der Waals surface area contributed by atoms with Gasteiger partial charge in [-0.25, -0.2) is 4.98 Å². The van der Waals surface area contributed by atoms with Gasteiger partial charge in [-0.1, -0.05) is 29.3 Å². The van der Waals surface area contributed by atoms with E-state index in [0.717, 1.165) is 61.5 Å². The molecular weight excluding hydrogens is 521 g/mol. The largest absolute Gasteiger partial charge is 0.494 e. The van der Waals surface area contributed by atoms with E-state index in [4.69, 9.17) is 27.9 Å². The monoisotopic (exact) mass is 551 g/mol. The van der Waals surface area contributed by atoms with Crippen molar-refractivity contribution in [3.8, 4) is 16.9 Å². The Hall–Kier alpha value is -3.10. The van der Waals surface area contributed by atoms with Gasteiger partial charge in [-0.15, -0.1) is 0 Å². The standard InChI is InChI=1S/C29H31Cl2N5O2/c1-34-12-14-36(15-13-34)11-4-16-38-22-9-7-21(8-10-22)33-27-18-26-20(19-32-27)17-23(29(37)35(26)2)28-24(30)5-3-6-25(28)31/h3,5-10,17-19H,4,11-16H2,1-2H3,(H,32,33). The van der Waals surface area contributed by atoms with Crippen molar-refractivity contribution >= 4 is 45.6 Å². The second kappa shape index (κ2) is 11.7. The molecule has 2 aromatic carbocycles. The highest BCUT2D eigenvalue weighted by Gasteiger charge is 2.16. The summed E-state index contributed by atoms with van der Waals surface area (Å²) >= 11 is 12.7. The molecule has 1 fully saturated rings. The van der Waals surface area contributed by atoms with E-state index < -0.39 is 0 Å². The van der Waals surface area contributed by atoms with Crippen LogP contribution in [0.5, 0.6) is 5.75 Å². The zero-order valence-electron chi connectivity index (χ0n) is 21.6. The van der Waals surface area contributed by atoms with Gasteiger partial charge in [0.05, 0.1) is 27.7 Å². The minimum atomic E-state index is -0.182. The average Bonchev–Trinajstić information content (AvgIpc) is 2.91. The Kier molecular flexibility index (Phi) is 8.19. The molecule has 3 heterocycles. The number of fused-ring (bicyclic) bond motifs is 1. The number of hydrogen-bond donors (Lipinski definition) is 1. The molecule has 9 heteroatoms. The lowest BCUT2D eigenvalue weighted by Gasteiger charge is -2.32. The molecule has 1 N–H and O–H groups in total. The molecule has 0 saturated carbocycles. The zero-order chi connectivity index (χ0) is 26.6. The van der Waals surface area contributed by atoms with Gasteiger partial charge in [0.1, 0.15) is 11.6 Å². The third-order valence-electron chi connectivity index (χ3n) is 6.95.